The Kier molecular flexibility index (Phi) is 5.43. The lowest BCUT2D eigenvalue weighted by molar-refractivity contribution is 0.0727. The van der Waals surface area contributed by atoms with E-state index in [2.05, 4.69) is 23.4 Å². The van der Waals surface area contributed by atoms with Gasteiger partial charge in [0.1, 0.15) is 22.9 Å². The molecule has 4 rings (SSSR count). The molecule has 0 unspecified atom stereocenters. The highest BCUT2D eigenvalue weighted by atomic mass is 16.3. The quantitative estimate of drug-likeness (QED) is 0.553. The molecule has 3 heterocycles. The van der Waals surface area contributed by atoms with Gasteiger partial charge in [-0.15, -0.1) is 0 Å². The molecule has 0 radical (unpaired) electrons. The summed E-state index contributed by atoms with van der Waals surface area (Å²) >= 11 is 0. The molecule has 0 bridgehead atoms. The van der Waals surface area contributed by atoms with Gasteiger partial charge in [0.15, 0.2) is 5.65 Å². The van der Waals surface area contributed by atoms with Crippen molar-refractivity contribution in [2.24, 2.45) is 11.8 Å². The maximum Gasteiger partial charge on any atom is 0.257 e. The first-order valence-electron chi connectivity index (χ1n) is 10.6. The van der Waals surface area contributed by atoms with Gasteiger partial charge in [-0.3, -0.25) is 4.79 Å². The summed E-state index contributed by atoms with van der Waals surface area (Å²) in [7, 11) is 0. The van der Waals surface area contributed by atoms with Crippen LogP contribution in [0.4, 0.5) is 0 Å². The first kappa shape index (κ1) is 19.7. The second kappa shape index (κ2) is 8.01. The maximum absolute atomic E-state index is 13.4. The summed E-state index contributed by atoms with van der Waals surface area (Å²) in [5, 5.41) is 0. The van der Waals surface area contributed by atoms with Crippen LogP contribution in [0.1, 0.15) is 60.8 Å². The highest BCUT2D eigenvalue weighted by Gasteiger charge is 2.27. The third kappa shape index (κ3) is 4.36. The highest BCUT2D eigenvalue weighted by molar-refractivity contribution is 5.95. The zero-order valence-corrected chi connectivity index (χ0v) is 17.8. The predicted octanol–water partition coefficient (Wildman–Crippen LogP) is 4.74. The van der Waals surface area contributed by atoms with Crippen molar-refractivity contribution in [3.8, 4) is 0 Å². The molecular weight excluding hydrogens is 364 g/mol. The Morgan fingerprint density at radius 2 is 2.14 bits per heavy atom. The molecule has 0 spiro atoms. The van der Waals surface area contributed by atoms with Gasteiger partial charge >= 0.3 is 0 Å². The lowest BCUT2D eigenvalue weighted by atomic mass is 10.1. The molecule has 0 N–H and O–H groups in total. The summed E-state index contributed by atoms with van der Waals surface area (Å²) in [6, 6.07) is 5.76. The number of imidazole rings is 1. The maximum atomic E-state index is 13.4. The Morgan fingerprint density at radius 3 is 2.79 bits per heavy atom. The van der Waals surface area contributed by atoms with Crippen LogP contribution in [0.25, 0.3) is 11.2 Å². The number of aromatic nitrogens is 3. The van der Waals surface area contributed by atoms with Crippen LogP contribution < -0.4 is 0 Å². The number of carbonyl (C=O) groups excluding carboxylic acids is 1. The fourth-order valence-corrected chi connectivity index (χ4v) is 3.73. The molecule has 154 valence electrons. The number of hydrogen-bond donors (Lipinski definition) is 0. The molecule has 0 atom stereocenters. The van der Waals surface area contributed by atoms with Crippen molar-refractivity contribution in [1.29, 1.82) is 0 Å². The van der Waals surface area contributed by atoms with Crippen LogP contribution in [-0.2, 0) is 13.1 Å². The number of rotatable bonds is 8. The number of fused-ring (bicyclic) bond motifs is 1. The second-order valence-electron chi connectivity index (χ2n) is 8.66. The average molecular weight is 395 g/mol. The molecule has 6 nitrogen and oxygen atoms in total. The van der Waals surface area contributed by atoms with E-state index in [-0.39, 0.29) is 5.91 Å². The van der Waals surface area contributed by atoms with E-state index in [0.29, 0.717) is 36.2 Å². The van der Waals surface area contributed by atoms with Gasteiger partial charge in [0.05, 0.1) is 12.1 Å². The van der Waals surface area contributed by atoms with Gasteiger partial charge in [0.25, 0.3) is 5.91 Å². The van der Waals surface area contributed by atoms with Crippen molar-refractivity contribution < 1.29 is 9.21 Å². The number of carbonyl (C=O) groups is 1. The standard InChI is InChI=1S/C23H30N4O2/c1-15(2)9-11-26(23(28)19-12-16(3)29-17(19)4)14-21-25-20-6-5-10-24-22(20)27(21)13-18-7-8-18/h5-6,10,12,15,18H,7-9,11,13-14H2,1-4H3. The number of amides is 1. The van der Waals surface area contributed by atoms with Crippen molar-refractivity contribution in [2.45, 2.75) is 60.0 Å². The monoisotopic (exact) mass is 394 g/mol. The predicted molar refractivity (Wildman–Crippen MR) is 113 cm³/mol. The Balaban J connectivity index is 1.66. The summed E-state index contributed by atoms with van der Waals surface area (Å²) in [4.78, 5) is 24.7. The largest absolute Gasteiger partial charge is 0.466 e. The van der Waals surface area contributed by atoms with Crippen LogP contribution in [-0.4, -0.2) is 31.9 Å². The van der Waals surface area contributed by atoms with Gasteiger partial charge in [0.2, 0.25) is 0 Å². The minimum Gasteiger partial charge on any atom is -0.466 e. The van der Waals surface area contributed by atoms with E-state index in [4.69, 9.17) is 9.40 Å². The zero-order valence-electron chi connectivity index (χ0n) is 17.8. The molecule has 29 heavy (non-hydrogen) atoms. The van der Waals surface area contributed by atoms with Crippen LogP contribution in [0, 0.1) is 25.7 Å². The number of nitrogens with zero attached hydrogens (tertiary/aromatic N) is 4. The SMILES string of the molecule is Cc1cc(C(=O)N(CCC(C)C)Cc2nc3cccnc3n2CC2CC2)c(C)o1. The molecule has 0 saturated heterocycles. The Morgan fingerprint density at radius 1 is 1.34 bits per heavy atom. The van der Waals surface area contributed by atoms with Crippen LogP contribution in [0.5, 0.6) is 0 Å². The van der Waals surface area contributed by atoms with E-state index in [0.717, 1.165) is 35.7 Å². The number of hydrogen-bond acceptors (Lipinski definition) is 4. The highest BCUT2D eigenvalue weighted by Crippen LogP contribution is 2.32. The van der Waals surface area contributed by atoms with E-state index < -0.39 is 0 Å². The molecule has 1 saturated carbocycles. The lowest BCUT2D eigenvalue weighted by Gasteiger charge is -2.23. The topological polar surface area (TPSA) is 64.2 Å². The van der Waals surface area contributed by atoms with Crippen LogP contribution in [0.15, 0.2) is 28.8 Å². The number of pyridine rings is 1. The first-order valence-corrected chi connectivity index (χ1v) is 10.6. The fourth-order valence-electron chi connectivity index (χ4n) is 3.73. The van der Waals surface area contributed by atoms with Gasteiger partial charge in [-0.25, -0.2) is 9.97 Å². The Labute approximate surface area is 171 Å². The molecular formula is C23H30N4O2. The van der Waals surface area contributed by atoms with Gasteiger partial charge < -0.3 is 13.9 Å². The fraction of sp³-hybridized carbons (Fsp3) is 0.522. The molecule has 0 aliphatic heterocycles. The van der Waals surface area contributed by atoms with Crippen molar-refractivity contribution in [3.05, 3.63) is 47.3 Å². The molecule has 1 fully saturated rings. The molecule has 6 heteroatoms. The molecule has 1 amide bonds. The summed E-state index contributed by atoms with van der Waals surface area (Å²) < 4.78 is 7.83. The molecule has 3 aromatic rings. The summed E-state index contributed by atoms with van der Waals surface area (Å²) in [6.07, 6.45) is 5.28. The zero-order chi connectivity index (χ0) is 20.5. The van der Waals surface area contributed by atoms with Gasteiger partial charge in [-0.2, -0.15) is 0 Å². The van der Waals surface area contributed by atoms with E-state index >= 15 is 0 Å². The van der Waals surface area contributed by atoms with Crippen LogP contribution in [0.2, 0.25) is 0 Å². The number of furan rings is 1. The Bertz CT molecular complexity index is 1010. The summed E-state index contributed by atoms with van der Waals surface area (Å²) in [5.74, 6) is 3.59. The number of aryl methyl sites for hydroxylation is 2. The van der Waals surface area contributed by atoms with Crippen molar-refractivity contribution in [2.75, 3.05) is 6.54 Å². The minimum absolute atomic E-state index is 0.0120. The van der Waals surface area contributed by atoms with E-state index in [1.807, 2.05) is 43.1 Å². The smallest absolute Gasteiger partial charge is 0.257 e. The van der Waals surface area contributed by atoms with Crippen molar-refractivity contribution in [1.82, 2.24) is 19.4 Å². The van der Waals surface area contributed by atoms with Crippen LogP contribution >= 0.6 is 0 Å². The normalized spacial score (nSPS) is 14.1. The van der Waals surface area contributed by atoms with Gasteiger partial charge in [0, 0.05) is 19.3 Å². The summed E-state index contributed by atoms with van der Waals surface area (Å²) in [6.45, 7) is 10.2. The van der Waals surface area contributed by atoms with Crippen molar-refractivity contribution in [3.63, 3.8) is 0 Å². The van der Waals surface area contributed by atoms with Crippen LogP contribution in [0.3, 0.4) is 0 Å². The van der Waals surface area contributed by atoms with Crippen molar-refractivity contribution >= 4 is 17.1 Å². The molecule has 0 aromatic carbocycles. The van der Waals surface area contributed by atoms with E-state index in [1.165, 1.54) is 12.8 Å². The first-order chi connectivity index (χ1) is 13.9. The average Bonchev–Trinajstić information content (AvgIpc) is 3.35. The second-order valence-corrected chi connectivity index (χ2v) is 8.66. The van der Waals surface area contributed by atoms with Gasteiger partial charge in [-0.05, 0) is 63.1 Å². The molecule has 1 aliphatic carbocycles. The van der Waals surface area contributed by atoms with E-state index in [1.54, 1.807) is 0 Å². The lowest BCUT2D eigenvalue weighted by Crippen LogP contribution is -2.33. The van der Waals surface area contributed by atoms with Gasteiger partial charge in [-0.1, -0.05) is 13.8 Å². The third-order valence-electron chi connectivity index (χ3n) is 5.59. The summed E-state index contributed by atoms with van der Waals surface area (Å²) in [5.41, 5.74) is 2.46. The molecule has 3 aromatic heterocycles. The molecule has 1 aliphatic rings. The third-order valence-corrected chi connectivity index (χ3v) is 5.59. The Hall–Kier alpha value is -2.63. The minimum atomic E-state index is 0.0120. The van der Waals surface area contributed by atoms with E-state index in [9.17, 15) is 4.79 Å².